The molecule has 0 bridgehead atoms. The number of para-hydroxylation sites is 1. The van der Waals surface area contributed by atoms with Crippen molar-refractivity contribution in [2.24, 2.45) is 0 Å². The quantitative estimate of drug-likeness (QED) is 0.781. The summed E-state index contributed by atoms with van der Waals surface area (Å²) in [6.45, 7) is 2.19. The Kier molecular flexibility index (Phi) is 4.02. The van der Waals surface area contributed by atoms with Gasteiger partial charge in [-0.1, -0.05) is 66.2 Å². The largest absolute Gasteiger partial charge is 0.372 e. The van der Waals surface area contributed by atoms with E-state index in [1.165, 1.54) is 0 Å². The Morgan fingerprint density at radius 1 is 1.00 bits per heavy atom. The van der Waals surface area contributed by atoms with Crippen molar-refractivity contribution in [3.63, 3.8) is 0 Å². The van der Waals surface area contributed by atoms with E-state index in [2.05, 4.69) is 6.07 Å². The Balaban J connectivity index is 1.83. The highest BCUT2D eigenvalue weighted by Gasteiger charge is 2.50. The molecule has 132 valence electrons. The molecular weight excluding hydrogens is 336 g/mol. The van der Waals surface area contributed by atoms with Crippen LogP contribution in [0.2, 0.25) is 0 Å². The molecule has 0 saturated carbocycles. The number of carbonyl (C=O) groups is 1. The Bertz CT molecular complexity index is 1070. The predicted molar refractivity (Wildman–Crippen MR) is 103 cm³/mol. The summed E-state index contributed by atoms with van der Waals surface area (Å²) in [5.41, 5.74) is 2.37. The first-order valence-corrected chi connectivity index (χ1v) is 8.74. The number of hydrogen-bond donors (Lipinski definition) is 1. The normalized spacial score (nSPS) is 18.3. The lowest BCUT2D eigenvalue weighted by Gasteiger charge is -2.24. The second kappa shape index (κ2) is 6.39. The van der Waals surface area contributed by atoms with Gasteiger partial charge in [0.1, 0.15) is 0 Å². The standard InChI is InChI=1S/C23H18N2O2/c1-16-10-12-19(13-11-16)23(27)20-8-4-5-9-21(20)25(22(23)26)15-18-7-3-2-6-17(18)14-24/h2-13,27H,15H2,1H3. The summed E-state index contributed by atoms with van der Waals surface area (Å²) in [4.78, 5) is 14.9. The topological polar surface area (TPSA) is 64.3 Å². The van der Waals surface area contributed by atoms with Crippen molar-refractivity contribution in [3.8, 4) is 6.07 Å². The zero-order valence-corrected chi connectivity index (χ0v) is 14.9. The average Bonchev–Trinajstić information content (AvgIpc) is 2.92. The molecule has 4 rings (SSSR count). The number of benzene rings is 3. The molecule has 0 aromatic heterocycles. The van der Waals surface area contributed by atoms with Crippen molar-refractivity contribution >= 4 is 11.6 Å². The van der Waals surface area contributed by atoms with Gasteiger partial charge in [-0.05, 0) is 30.2 Å². The van der Waals surface area contributed by atoms with Crippen LogP contribution in [0.1, 0.15) is 27.8 Å². The highest BCUT2D eigenvalue weighted by molar-refractivity contribution is 6.09. The molecule has 1 atom stereocenters. The van der Waals surface area contributed by atoms with Crippen LogP contribution >= 0.6 is 0 Å². The third-order valence-electron chi connectivity index (χ3n) is 5.07. The maximum absolute atomic E-state index is 13.4. The monoisotopic (exact) mass is 354 g/mol. The number of rotatable bonds is 3. The van der Waals surface area contributed by atoms with Gasteiger partial charge in [0.05, 0.1) is 23.9 Å². The van der Waals surface area contributed by atoms with Crippen LogP contribution in [0.4, 0.5) is 5.69 Å². The fraction of sp³-hybridized carbons (Fsp3) is 0.130. The van der Waals surface area contributed by atoms with Gasteiger partial charge in [-0.15, -0.1) is 0 Å². The molecule has 1 aliphatic heterocycles. The van der Waals surface area contributed by atoms with Crippen LogP contribution in [0.25, 0.3) is 0 Å². The fourth-order valence-electron chi connectivity index (χ4n) is 3.60. The van der Waals surface area contributed by atoms with Gasteiger partial charge >= 0.3 is 0 Å². The van der Waals surface area contributed by atoms with Gasteiger partial charge in [-0.25, -0.2) is 0 Å². The van der Waals surface area contributed by atoms with Crippen molar-refractivity contribution in [3.05, 3.63) is 101 Å². The molecule has 1 N–H and O–H groups in total. The van der Waals surface area contributed by atoms with Gasteiger partial charge in [0, 0.05) is 5.56 Å². The molecule has 4 nitrogen and oxygen atoms in total. The van der Waals surface area contributed by atoms with E-state index in [1.54, 1.807) is 35.2 Å². The van der Waals surface area contributed by atoms with Crippen LogP contribution in [-0.2, 0) is 16.9 Å². The van der Waals surface area contributed by atoms with Crippen LogP contribution in [-0.4, -0.2) is 11.0 Å². The number of carbonyl (C=O) groups excluding carboxylic acids is 1. The molecule has 0 saturated heterocycles. The molecule has 3 aromatic carbocycles. The number of nitriles is 1. The Hall–Kier alpha value is -3.42. The molecular formula is C23H18N2O2. The average molecular weight is 354 g/mol. The van der Waals surface area contributed by atoms with Gasteiger partial charge in [-0.2, -0.15) is 5.26 Å². The second-order valence-corrected chi connectivity index (χ2v) is 6.75. The third-order valence-corrected chi connectivity index (χ3v) is 5.07. The summed E-state index contributed by atoms with van der Waals surface area (Å²) in [5, 5.41) is 20.9. The summed E-state index contributed by atoms with van der Waals surface area (Å²) < 4.78 is 0. The van der Waals surface area contributed by atoms with Crippen LogP contribution < -0.4 is 4.90 Å². The SMILES string of the molecule is Cc1ccc(C2(O)C(=O)N(Cc3ccccc3C#N)c3ccccc32)cc1. The summed E-state index contributed by atoms with van der Waals surface area (Å²) in [6, 6.07) is 24.0. The number of amides is 1. The van der Waals surface area contributed by atoms with Gasteiger partial charge in [-0.3, -0.25) is 4.79 Å². The minimum Gasteiger partial charge on any atom is -0.372 e. The number of hydrogen-bond acceptors (Lipinski definition) is 3. The Labute approximate surface area is 157 Å². The first-order chi connectivity index (χ1) is 13.1. The maximum atomic E-state index is 13.4. The van der Waals surface area contributed by atoms with Gasteiger partial charge in [0.15, 0.2) is 5.60 Å². The predicted octanol–water partition coefficient (Wildman–Crippen LogP) is 3.65. The highest BCUT2D eigenvalue weighted by atomic mass is 16.3. The summed E-state index contributed by atoms with van der Waals surface area (Å²) in [5.74, 6) is -0.403. The van der Waals surface area contributed by atoms with E-state index in [0.29, 0.717) is 22.4 Å². The molecule has 4 heteroatoms. The number of aryl methyl sites for hydroxylation is 1. The lowest BCUT2D eigenvalue weighted by atomic mass is 9.87. The Morgan fingerprint density at radius 2 is 1.67 bits per heavy atom. The summed E-state index contributed by atoms with van der Waals surface area (Å²) >= 11 is 0. The van der Waals surface area contributed by atoms with E-state index >= 15 is 0 Å². The number of fused-ring (bicyclic) bond motifs is 1. The molecule has 1 amide bonds. The minimum atomic E-state index is -1.73. The van der Waals surface area contributed by atoms with E-state index in [9.17, 15) is 15.2 Å². The van der Waals surface area contributed by atoms with E-state index in [-0.39, 0.29) is 6.54 Å². The van der Waals surface area contributed by atoms with E-state index < -0.39 is 11.5 Å². The summed E-state index contributed by atoms with van der Waals surface area (Å²) in [7, 11) is 0. The fourth-order valence-corrected chi connectivity index (χ4v) is 3.60. The lowest BCUT2D eigenvalue weighted by Crippen LogP contribution is -2.41. The maximum Gasteiger partial charge on any atom is 0.268 e. The van der Waals surface area contributed by atoms with Gasteiger partial charge in [0.2, 0.25) is 0 Å². The first kappa shape index (κ1) is 17.0. The molecule has 0 spiro atoms. The van der Waals surface area contributed by atoms with Gasteiger partial charge < -0.3 is 10.0 Å². The van der Waals surface area contributed by atoms with Crippen LogP contribution in [0.15, 0.2) is 72.8 Å². The van der Waals surface area contributed by atoms with Crippen LogP contribution in [0.3, 0.4) is 0 Å². The molecule has 27 heavy (non-hydrogen) atoms. The highest BCUT2D eigenvalue weighted by Crippen LogP contribution is 2.45. The van der Waals surface area contributed by atoms with Crippen molar-refractivity contribution in [1.82, 2.24) is 0 Å². The first-order valence-electron chi connectivity index (χ1n) is 8.74. The van der Waals surface area contributed by atoms with Gasteiger partial charge in [0.25, 0.3) is 5.91 Å². The lowest BCUT2D eigenvalue weighted by molar-refractivity contribution is -0.132. The zero-order chi connectivity index (χ0) is 19.0. The minimum absolute atomic E-state index is 0.230. The van der Waals surface area contributed by atoms with Crippen molar-refractivity contribution in [2.75, 3.05) is 4.90 Å². The van der Waals surface area contributed by atoms with Crippen molar-refractivity contribution < 1.29 is 9.90 Å². The molecule has 1 unspecified atom stereocenters. The summed E-state index contributed by atoms with van der Waals surface area (Å²) in [6.07, 6.45) is 0. The molecule has 1 heterocycles. The van der Waals surface area contributed by atoms with Crippen LogP contribution in [0, 0.1) is 18.3 Å². The zero-order valence-electron chi connectivity index (χ0n) is 14.9. The van der Waals surface area contributed by atoms with Crippen molar-refractivity contribution in [2.45, 2.75) is 19.1 Å². The number of nitrogens with zero attached hydrogens (tertiary/aromatic N) is 2. The Morgan fingerprint density at radius 3 is 2.41 bits per heavy atom. The van der Waals surface area contributed by atoms with Crippen LogP contribution in [0.5, 0.6) is 0 Å². The molecule has 0 aliphatic carbocycles. The second-order valence-electron chi connectivity index (χ2n) is 6.75. The number of anilines is 1. The smallest absolute Gasteiger partial charge is 0.268 e. The third kappa shape index (κ3) is 2.61. The molecule has 3 aromatic rings. The molecule has 0 radical (unpaired) electrons. The molecule has 1 aliphatic rings. The molecule has 0 fully saturated rings. The van der Waals surface area contributed by atoms with E-state index in [0.717, 1.165) is 11.1 Å². The van der Waals surface area contributed by atoms with E-state index in [1.807, 2.05) is 49.4 Å². The number of aliphatic hydroxyl groups is 1. The van der Waals surface area contributed by atoms with Crippen molar-refractivity contribution in [1.29, 1.82) is 5.26 Å². The van der Waals surface area contributed by atoms with E-state index in [4.69, 9.17) is 0 Å².